The van der Waals surface area contributed by atoms with Crippen molar-refractivity contribution in [2.24, 2.45) is 5.92 Å². The SMILES string of the molecule is CC1CC[N+](C)([SiH3])C1(C)C.F[P-](F)(F)(F)(F)F. The van der Waals surface area contributed by atoms with Gasteiger partial charge in [-0.25, -0.2) is 0 Å². The average Bonchev–Trinajstić information content (AvgIpc) is 2.07. The number of quaternary nitrogens is 1. The van der Waals surface area contributed by atoms with E-state index in [1.807, 2.05) is 0 Å². The fourth-order valence-electron chi connectivity index (χ4n) is 1.75. The monoisotopic (exact) mass is 303 g/mol. The molecule has 1 heterocycles. The van der Waals surface area contributed by atoms with Crippen LogP contribution < -0.4 is 0 Å². The molecule has 0 amide bonds. The Morgan fingerprint density at radius 3 is 1.47 bits per heavy atom. The van der Waals surface area contributed by atoms with Gasteiger partial charge in [0.1, 0.15) is 0 Å². The first-order valence-electron chi connectivity index (χ1n) is 5.22. The predicted molar refractivity (Wildman–Crippen MR) is 62.4 cm³/mol. The van der Waals surface area contributed by atoms with Crippen LogP contribution in [0.1, 0.15) is 27.2 Å². The molecular weight excluding hydrogens is 283 g/mol. The number of likely N-dealkylation sites (tertiary alicyclic amines) is 1. The molecule has 0 N–H and O–H groups in total. The summed E-state index contributed by atoms with van der Waals surface area (Å²) >= 11 is 0. The van der Waals surface area contributed by atoms with Crippen molar-refractivity contribution in [2.75, 3.05) is 13.6 Å². The van der Waals surface area contributed by atoms with Crippen LogP contribution in [0.5, 0.6) is 0 Å². The molecule has 0 bridgehead atoms. The zero-order valence-corrected chi connectivity index (χ0v) is 13.5. The summed E-state index contributed by atoms with van der Waals surface area (Å²) in [5, 5.41) is 0. The van der Waals surface area contributed by atoms with Crippen LogP contribution >= 0.6 is 7.81 Å². The molecule has 1 fully saturated rings. The van der Waals surface area contributed by atoms with Gasteiger partial charge < -0.3 is 4.15 Å². The van der Waals surface area contributed by atoms with Gasteiger partial charge in [-0.2, -0.15) is 0 Å². The fraction of sp³-hybridized carbons (Fsp3) is 1.00. The maximum absolute atomic E-state index is 10.7. The van der Waals surface area contributed by atoms with E-state index in [0.717, 1.165) is 5.92 Å². The molecule has 9 heteroatoms. The Labute approximate surface area is 100 Å². The van der Waals surface area contributed by atoms with Crippen LogP contribution in [0, 0.1) is 5.92 Å². The number of hydrogen-bond acceptors (Lipinski definition) is 0. The van der Waals surface area contributed by atoms with Crippen LogP contribution in [0.4, 0.5) is 25.2 Å². The van der Waals surface area contributed by atoms with Crippen molar-refractivity contribution in [3.63, 3.8) is 0 Å². The Morgan fingerprint density at radius 2 is 1.41 bits per heavy atom. The normalized spacial score (nSPS) is 36.7. The minimum atomic E-state index is -10.7. The van der Waals surface area contributed by atoms with Crippen molar-refractivity contribution in [3.05, 3.63) is 0 Å². The van der Waals surface area contributed by atoms with E-state index in [2.05, 4.69) is 27.8 Å². The van der Waals surface area contributed by atoms with Crippen LogP contribution in [0.3, 0.4) is 0 Å². The molecule has 2 atom stereocenters. The zero-order chi connectivity index (χ0) is 14.4. The summed E-state index contributed by atoms with van der Waals surface area (Å²) in [5.74, 6) is 0.912. The van der Waals surface area contributed by atoms with Gasteiger partial charge in [-0.1, -0.05) is 6.92 Å². The Bertz CT molecular complexity index is 283. The first kappa shape index (κ1) is 17.2. The van der Waals surface area contributed by atoms with Crippen molar-refractivity contribution in [3.8, 4) is 0 Å². The Morgan fingerprint density at radius 1 is 1.12 bits per heavy atom. The summed E-state index contributed by atoms with van der Waals surface area (Å²) in [5.41, 5.74) is 0.548. The summed E-state index contributed by atoms with van der Waals surface area (Å²) in [6.45, 7) is 8.62. The van der Waals surface area contributed by atoms with Gasteiger partial charge in [0.25, 0.3) is 0 Å². The van der Waals surface area contributed by atoms with E-state index in [4.69, 9.17) is 0 Å². The van der Waals surface area contributed by atoms with E-state index in [0.29, 0.717) is 5.54 Å². The standard InChI is InChI=1S/C8H20NSi.F6P/c1-7-5-6-9(4,10)8(7,2)3;1-7(2,3,4,5)6/h7H,5-6H2,1-4,10H3;/q+1;-1. The number of hydrogen-bond donors (Lipinski definition) is 0. The van der Waals surface area contributed by atoms with Gasteiger partial charge in [0.05, 0.1) is 19.1 Å². The summed E-state index contributed by atoms with van der Waals surface area (Å²) in [4.78, 5) is 0. The number of nitrogens with zero attached hydrogens (tertiary/aromatic N) is 1. The topological polar surface area (TPSA) is 0 Å². The average molecular weight is 303 g/mol. The van der Waals surface area contributed by atoms with Gasteiger partial charge in [0.15, 0.2) is 0 Å². The molecule has 17 heavy (non-hydrogen) atoms. The van der Waals surface area contributed by atoms with Gasteiger partial charge >= 0.3 is 33.0 Å². The van der Waals surface area contributed by atoms with Crippen molar-refractivity contribution < 1.29 is 29.3 Å². The third-order valence-electron chi connectivity index (χ3n) is 3.89. The van der Waals surface area contributed by atoms with Gasteiger partial charge in [0, 0.05) is 12.3 Å². The fourth-order valence-corrected chi connectivity index (χ4v) is 2.45. The Kier molecular flexibility index (Phi) is 3.64. The van der Waals surface area contributed by atoms with Crippen molar-refractivity contribution in [2.45, 2.75) is 32.7 Å². The van der Waals surface area contributed by atoms with E-state index < -0.39 is 7.81 Å². The second kappa shape index (κ2) is 3.60. The molecule has 1 aliphatic heterocycles. The summed E-state index contributed by atoms with van der Waals surface area (Å²) in [6.07, 6.45) is 1.42. The molecule has 0 aliphatic carbocycles. The van der Waals surface area contributed by atoms with Crippen molar-refractivity contribution in [1.29, 1.82) is 0 Å². The molecule has 0 saturated carbocycles. The Hall–Kier alpha value is 0.187. The van der Waals surface area contributed by atoms with Crippen LogP contribution in [0.15, 0.2) is 0 Å². The molecule has 2 unspecified atom stereocenters. The van der Waals surface area contributed by atoms with Gasteiger partial charge in [-0.05, 0) is 13.8 Å². The molecule has 0 spiro atoms. The molecule has 1 saturated heterocycles. The predicted octanol–water partition coefficient (Wildman–Crippen LogP) is 3.91. The first-order chi connectivity index (χ1) is 6.83. The third-order valence-corrected chi connectivity index (χ3v) is 5.49. The molecule has 108 valence electrons. The minimum absolute atomic E-state index is 0.548. The van der Waals surface area contributed by atoms with Gasteiger partial charge in [-0.15, -0.1) is 0 Å². The Balaban J connectivity index is 0.000000325. The van der Waals surface area contributed by atoms with E-state index in [-0.39, 0.29) is 0 Å². The summed E-state index contributed by atoms with van der Waals surface area (Å²) < 4.78 is 60.5. The van der Waals surface area contributed by atoms with Gasteiger partial charge in [0.2, 0.25) is 10.4 Å². The first-order valence-corrected chi connectivity index (χ1v) is 8.15. The third kappa shape index (κ3) is 7.26. The molecule has 0 radical (unpaired) electrons. The maximum atomic E-state index is 9.87. The summed E-state index contributed by atoms with van der Waals surface area (Å²) in [6, 6.07) is 0. The number of rotatable bonds is 0. The second-order valence-electron chi connectivity index (χ2n) is 5.71. The molecule has 0 aromatic rings. The van der Waals surface area contributed by atoms with E-state index in [1.54, 1.807) is 0 Å². The summed E-state index contributed by atoms with van der Waals surface area (Å²) in [7, 11) is -6.96. The quantitative estimate of drug-likeness (QED) is 0.361. The van der Waals surface area contributed by atoms with Crippen LogP contribution in [-0.4, -0.2) is 33.7 Å². The zero-order valence-electron chi connectivity index (χ0n) is 10.7. The molecule has 1 nitrogen and oxygen atoms in total. The van der Waals surface area contributed by atoms with E-state index in [9.17, 15) is 25.2 Å². The van der Waals surface area contributed by atoms with Crippen LogP contribution in [-0.2, 0) is 0 Å². The van der Waals surface area contributed by atoms with Crippen LogP contribution in [0.2, 0.25) is 0 Å². The molecular formula is C8H20F6NPSi. The molecule has 0 aromatic heterocycles. The molecule has 1 aliphatic rings. The van der Waals surface area contributed by atoms with Crippen LogP contribution in [0.25, 0.3) is 0 Å². The van der Waals surface area contributed by atoms with E-state index in [1.165, 1.54) is 27.5 Å². The van der Waals surface area contributed by atoms with Crippen molar-refractivity contribution in [1.82, 2.24) is 0 Å². The number of halogens is 6. The molecule has 1 rings (SSSR count). The van der Waals surface area contributed by atoms with E-state index >= 15 is 0 Å². The van der Waals surface area contributed by atoms with Crippen molar-refractivity contribution >= 4 is 18.2 Å². The second-order valence-corrected chi connectivity index (χ2v) is 9.60. The molecule has 0 aromatic carbocycles. The van der Waals surface area contributed by atoms with Gasteiger partial charge in [-0.3, -0.25) is 0 Å².